The Morgan fingerprint density at radius 3 is 2.93 bits per heavy atom. The average molecular weight is 197 g/mol. The van der Waals surface area contributed by atoms with Gasteiger partial charge in [0.1, 0.15) is 0 Å². The van der Waals surface area contributed by atoms with Crippen LogP contribution in [0.25, 0.3) is 10.9 Å². The molecule has 0 bridgehead atoms. The summed E-state index contributed by atoms with van der Waals surface area (Å²) in [5, 5.41) is 1.05. The normalized spacial score (nSPS) is 15.3. The molecular weight excluding hydrogens is 186 g/mol. The molecule has 2 aromatic rings. The number of nitrogens with one attached hydrogen (secondary N) is 1. The Hall–Kier alpha value is -1.83. The van der Waals surface area contributed by atoms with E-state index < -0.39 is 0 Å². The van der Waals surface area contributed by atoms with Crippen LogP contribution in [0.4, 0.5) is 0 Å². The third-order valence-electron chi connectivity index (χ3n) is 2.98. The molecule has 74 valence electrons. The third-order valence-corrected chi connectivity index (χ3v) is 2.98. The van der Waals surface area contributed by atoms with Gasteiger partial charge in [0, 0.05) is 23.0 Å². The van der Waals surface area contributed by atoms with Crippen LogP contribution in [0.5, 0.6) is 0 Å². The second-order valence-corrected chi connectivity index (χ2v) is 3.94. The van der Waals surface area contributed by atoms with Gasteiger partial charge in [0.15, 0.2) is 5.78 Å². The summed E-state index contributed by atoms with van der Waals surface area (Å²) in [6.45, 7) is 1.88. The molecule has 1 heterocycles. The number of allylic oxidation sites excluding steroid dienone is 2. The molecule has 2 nitrogen and oxygen atoms in total. The third kappa shape index (κ3) is 1.08. The number of ketones is 1. The molecule has 1 aliphatic carbocycles. The smallest absolute Gasteiger partial charge is 0.190 e. The van der Waals surface area contributed by atoms with Crippen LogP contribution in [0, 0.1) is 0 Å². The standard InChI is InChI=1S/C13H11NO/c1-8-6-7-11-12(13(8)15)9-4-2-3-5-10(9)14-11/h2-6,14H,7H2,1H3. The summed E-state index contributed by atoms with van der Waals surface area (Å²) >= 11 is 0. The van der Waals surface area contributed by atoms with Crippen molar-refractivity contribution in [2.75, 3.05) is 0 Å². The SMILES string of the molecule is CC1=CCc2[nH]c3ccccc3c2C1=O. The lowest BCUT2D eigenvalue weighted by Gasteiger charge is -2.08. The van der Waals surface area contributed by atoms with Crippen LogP contribution in [-0.2, 0) is 6.42 Å². The van der Waals surface area contributed by atoms with Crippen molar-refractivity contribution in [3.05, 3.63) is 47.2 Å². The van der Waals surface area contributed by atoms with Crippen molar-refractivity contribution >= 4 is 16.7 Å². The molecule has 2 heteroatoms. The molecule has 0 fully saturated rings. The first-order valence-corrected chi connectivity index (χ1v) is 5.08. The number of H-pyrrole nitrogens is 1. The molecule has 3 rings (SSSR count). The van der Waals surface area contributed by atoms with Crippen molar-refractivity contribution in [2.45, 2.75) is 13.3 Å². The lowest BCUT2D eigenvalue weighted by Crippen LogP contribution is -2.08. The maximum Gasteiger partial charge on any atom is 0.190 e. The van der Waals surface area contributed by atoms with Gasteiger partial charge >= 0.3 is 0 Å². The Morgan fingerprint density at radius 1 is 1.27 bits per heavy atom. The van der Waals surface area contributed by atoms with Crippen molar-refractivity contribution in [1.82, 2.24) is 4.98 Å². The molecule has 1 aliphatic rings. The quantitative estimate of drug-likeness (QED) is 0.692. The van der Waals surface area contributed by atoms with E-state index in [-0.39, 0.29) is 5.78 Å². The highest BCUT2D eigenvalue weighted by molar-refractivity contribution is 6.17. The number of rotatable bonds is 0. The fraction of sp³-hybridized carbons (Fsp3) is 0.154. The van der Waals surface area contributed by atoms with Crippen molar-refractivity contribution in [1.29, 1.82) is 0 Å². The van der Waals surface area contributed by atoms with Gasteiger partial charge in [-0.05, 0) is 18.6 Å². The number of aromatic amines is 1. The van der Waals surface area contributed by atoms with Gasteiger partial charge in [-0.2, -0.15) is 0 Å². The molecule has 0 saturated carbocycles. The fourth-order valence-electron chi connectivity index (χ4n) is 2.16. The molecule has 1 N–H and O–H groups in total. The van der Waals surface area contributed by atoms with Gasteiger partial charge in [-0.1, -0.05) is 24.3 Å². The van der Waals surface area contributed by atoms with Crippen LogP contribution in [0.1, 0.15) is 23.0 Å². The Kier molecular flexibility index (Phi) is 1.60. The van der Waals surface area contributed by atoms with E-state index in [0.29, 0.717) is 0 Å². The average Bonchev–Trinajstić information content (AvgIpc) is 2.62. The summed E-state index contributed by atoms with van der Waals surface area (Å²) in [4.78, 5) is 15.3. The molecule has 15 heavy (non-hydrogen) atoms. The molecule has 0 unspecified atom stereocenters. The van der Waals surface area contributed by atoms with Crippen molar-refractivity contribution in [2.24, 2.45) is 0 Å². The van der Waals surface area contributed by atoms with Crippen molar-refractivity contribution in [3.8, 4) is 0 Å². The molecule has 1 aromatic heterocycles. The number of hydrogen-bond donors (Lipinski definition) is 1. The van der Waals surface area contributed by atoms with Crippen LogP contribution < -0.4 is 0 Å². The number of aromatic nitrogens is 1. The number of carbonyl (C=O) groups is 1. The Bertz CT molecular complexity index is 590. The highest BCUT2D eigenvalue weighted by Gasteiger charge is 2.21. The summed E-state index contributed by atoms with van der Waals surface area (Å²) in [6.07, 6.45) is 2.82. The van der Waals surface area contributed by atoms with Gasteiger partial charge in [-0.3, -0.25) is 4.79 Å². The van der Waals surface area contributed by atoms with E-state index in [9.17, 15) is 4.79 Å². The number of benzene rings is 1. The molecule has 0 amide bonds. The summed E-state index contributed by atoms with van der Waals surface area (Å²) in [6, 6.07) is 7.96. The predicted octanol–water partition coefficient (Wildman–Crippen LogP) is 2.85. The van der Waals surface area contributed by atoms with Crippen molar-refractivity contribution in [3.63, 3.8) is 0 Å². The molecule has 0 aliphatic heterocycles. The first-order valence-electron chi connectivity index (χ1n) is 5.08. The second-order valence-electron chi connectivity index (χ2n) is 3.94. The number of para-hydroxylation sites is 1. The minimum absolute atomic E-state index is 0.161. The van der Waals surface area contributed by atoms with Gasteiger partial charge in [0.25, 0.3) is 0 Å². The Morgan fingerprint density at radius 2 is 2.07 bits per heavy atom. The monoisotopic (exact) mass is 197 g/mol. The zero-order chi connectivity index (χ0) is 10.4. The molecule has 0 spiro atoms. The number of Topliss-reactive ketones (excluding diaryl/α,β-unsaturated/α-hetero) is 1. The van der Waals surface area contributed by atoms with E-state index in [4.69, 9.17) is 0 Å². The lowest BCUT2D eigenvalue weighted by molar-refractivity contribution is 0.103. The minimum atomic E-state index is 0.161. The number of fused-ring (bicyclic) bond motifs is 3. The molecule has 0 saturated heterocycles. The minimum Gasteiger partial charge on any atom is -0.358 e. The van der Waals surface area contributed by atoms with Gasteiger partial charge < -0.3 is 4.98 Å². The van der Waals surface area contributed by atoms with E-state index in [1.807, 2.05) is 37.3 Å². The number of hydrogen-bond acceptors (Lipinski definition) is 1. The van der Waals surface area contributed by atoms with E-state index in [1.165, 1.54) is 0 Å². The molecule has 1 aromatic carbocycles. The molecule has 0 atom stereocenters. The zero-order valence-corrected chi connectivity index (χ0v) is 8.50. The maximum atomic E-state index is 12.0. The summed E-state index contributed by atoms with van der Waals surface area (Å²) in [5.74, 6) is 0.161. The highest BCUT2D eigenvalue weighted by Crippen LogP contribution is 2.28. The van der Waals surface area contributed by atoms with E-state index >= 15 is 0 Å². The Balaban J connectivity index is 2.37. The second kappa shape index (κ2) is 2.83. The Labute approximate surface area is 87.6 Å². The van der Waals surface area contributed by atoms with Crippen LogP contribution in [0.15, 0.2) is 35.9 Å². The van der Waals surface area contributed by atoms with E-state index in [1.54, 1.807) is 0 Å². The van der Waals surface area contributed by atoms with Crippen LogP contribution in [-0.4, -0.2) is 10.8 Å². The van der Waals surface area contributed by atoms with Gasteiger partial charge in [0.05, 0.1) is 5.56 Å². The van der Waals surface area contributed by atoms with Gasteiger partial charge in [-0.15, -0.1) is 0 Å². The predicted molar refractivity (Wildman–Crippen MR) is 60.1 cm³/mol. The van der Waals surface area contributed by atoms with E-state index in [0.717, 1.165) is 34.2 Å². The van der Waals surface area contributed by atoms with Crippen LogP contribution in [0.2, 0.25) is 0 Å². The summed E-state index contributed by atoms with van der Waals surface area (Å²) in [7, 11) is 0. The summed E-state index contributed by atoms with van der Waals surface area (Å²) in [5.41, 5.74) is 3.82. The number of carbonyl (C=O) groups excluding carboxylic acids is 1. The van der Waals surface area contributed by atoms with Gasteiger partial charge in [-0.25, -0.2) is 0 Å². The lowest BCUT2D eigenvalue weighted by atomic mass is 9.94. The van der Waals surface area contributed by atoms with E-state index in [2.05, 4.69) is 4.98 Å². The fourth-order valence-corrected chi connectivity index (χ4v) is 2.16. The highest BCUT2D eigenvalue weighted by atomic mass is 16.1. The largest absolute Gasteiger partial charge is 0.358 e. The maximum absolute atomic E-state index is 12.0. The molecular formula is C13H11NO. The topological polar surface area (TPSA) is 32.9 Å². The van der Waals surface area contributed by atoms with Gasteiger partial charge in [0.2, 0.25) is 0 Å². The molecule has 0 radical (unpaired) electrons. The zero-order valence-electron chi connectivity index (χ0n) is 8.50. The van der Waals surface area contributed by atoms with Crippen molar-refractivity contribution < 1.29 is 4.79 Å². The van der Waals surface area contributed by atoms with Crippen LogP contribution >= 0.6 is 0 Å². The summed E-state index contributed by atoms with van der Waals surface area (Å²) < 4.78 is 0. The van der Waals surface area contributed by atoms with Crippen LogP contribution in [0.3, 0.4) is 0 Å². The first kappa shape index (κ1) is 8.48. The first-order chi connectivity index (χ1) is 7.27.